The minimum atomic E-state index is -4.06. The maximum atomic E-state index is 13.9. The van der Waals surface area contributed by atoms with Crippen molar-refractivity contribution >= 4 is 53.3 Å². The van der Waals surface area contributed by atoms with Crippen LogP contribution in [0.5, 0.6) is 0 Å². The summed E-state index contributed by atoms with van der Waals surface area (Å²) >= 11 is 6.36. The molecule has 2 aromatic carbocycles. The summed E-state index contributed by atoms with van der Waals surface area (Å²) in [7, 11) is -4.06. The molecule has 0 aliphatic heterocycles. The van der Waals surface area contributed by atoms with Crippen molar-refractivity contribution in [2.45, 2.75) is 11.8 Å². The molecule has 0 amide bonds. The summed E-state index contributed by atoms with van der Waals surface area (Å²) in [6, 6.07) is 7.04. The molecule has 0 aromatic heterocycles. The number of nitrogen functional groups attached to an aromatic ring is 1. The predicted molar refractivity (Wildman–Crippen MR) is 88.2 cm³/mol. The number of nitrogens with one attached hydrogen (secondary N) is 1. The van der Waals surface area contributed by atoms with Crippen molar-refractivity contribution in [3.05, 3.63) is 50.7 Å². The zero-order valence-electron chi connectivity index (χ0n) is 10.8. The molecule has 0 aliphatic rings. The van der Waals surface area contributed by atoms with E-state index in [-0.39, 0.29) is 5.69 Å². The zero-order valence-corrected chi connectivity index (χ0v) is 14.8. The number of rotatable bonds is 3. The molecule has 0 unspecified atom stereocenters. The van der Waals surface area contributed by atoms with Gasteiger partial charge < -0.3 is 5.73 Å². The van der Waals surface area contributed by atoms with Crippen molar-refractivity contribution in [2.24, 2.45) is 0 Å². The minimum Gasteiger partial charge on any atom is -0.398 e. The number of anilines is 2. The third-order valence-corrected chi connectivity index (χ3v) is 5.70. The zero-order chi connectivity index (χ0) is 15.8. The average molecular weight is 438 g/mol. The van der Waals surface area contributed by atoms with Crippen molar-refractivity contribution in [1.29, 1.82) is 0 Å². The van der Waals surface area contributed by atoms with Gasteiger partial charge in [-0.25, -0.2) is 12.8 Å². The van der Waals surface area contributed by atoms with Crippen LogP contribution in [0.15, 0.2) is 44.2 Å². The fourth-order valence-corrected chi connectivity index (χ4v) is 3.46. The molecule has 21 heavy (non-hydrogen) atoms. The van der Waals surface area contributed by atoms with Crippen LogP contribution in [0.3, 0.4) is 0 Å². The number of sulfonamides is 1. The van der Waals surface area contributed by atoms with Crippen LogP contribution >= 0.6 is 31.9 Å². The summed E-state index contributed by atoms with van der Waals surface area (Å²) in [5.74, 6) is -0.880. The highest BCUT2D eigenvalue weighted by atomic mass is 79.9. The summed E-state index contributed by atoms with van der Waals surface area (Å²) in [5, 5.41) is 0. The number of benzene rings is 2. The molecule has 2 aromatic rings. The second kappa shape index (κ2) is 5.94. The van der Waals surface area contributed by atoms with E-state index in [1.807, 2.05) is 6.92 Å². The first-order valence-electron chi connectivity index (χ1n) is 5.74. The first-order valence-corrected chi connectivity index (χ1v) is 8.81. The lowest BCUT2D eigenvalue weighted by atomic mass is 10.2. The fourth-order valence-electron chi connectivity index (χ4n) is 1.62. The van der Waals surface area contributed by atoms with Crippen LogP contribution in [0.2, 0.25) is 0 Å². The molecule has 112 valence electrons. The van der Waals surface area contributed by atoms with Gasteiger partial charge in [-0.05, 0) is 52.7 Å². The summed E-state index contributed by atoms with van der Waals surface area (Å²) in [4.78, 5) is -0.500. The molecular formula is C13H11Br2FN2O2S. The third-order valence-electron chi connectivity index (χ3n) is 2.76. The number of hydrogen-bond donors (Lipinski definition) is 2. The number of aryl methyl sites for hydroxylation is 1. The largest absolute Gasteiger partial charge is 0.398 e. The molecule has 0 spiro atoms. The minimum absolute atomic E-state index is 0.141. The second-order valence-electron chi connectivity index (χ2n) is 4.37. The number of nitrogens with two attached hydrogens (primary N) is 1. The van der Waals surface area contributed by atoms with Gasteiger partial charge in [0, 0.05) is 20.3 Å². The molecule has 0 saturated carbocycles. The Morgan fingerprint density at radius 2 is 1.81 bits per heavy atom. The Hall–Kier alpha value is -1.12. The summed E-state index contributed by atoms with van der Waals surface area (Å²) in [5.41, 5.74) is 7.03. The van der Waals surface area contributed by atoms with Gasteiger partial charge in [-0.2, -0.15) is 0 Å². The van der Waals surface area contributed by atoms with E-state index in [0.717, 1.165) is 22.2 Å². The van der Waals surface area contributed by atoms with Crippen molar-refractivity contribution in [2.75, 3.05) is 10.5 Å². The normalized spacial score (nSPS) is 11.4. The highest BCUT2D eigenvalue weighted by molar-refractivity contribution is 9.10. The highest BCUT2D eigenvalue weighted by Crippen LogP contribution is 2.28. The van der Waals surface area contributed by atoms with Crippen LogP contribution in [0.4, 0.5) is 15.8 Å². The maximum absolute atomic E-state index is 13.9. The summed E-state index contributed by atoms with van der Waals surface area (Å²) in [6.45, 7) is 1.87. The predicted octanol–water partition coefficient (Wildman–Crippen LogP) is 4.04. The van der Waals surface area contributed by atoms with Crippen LogP contribution in [0, 0.1) is 12.7 Å². The van der Waals surface area contributed by atoms with E-state index in [1.54, 1.807) is 18.2 Å². The van der Waals surface area contributed by atoms with Crippen LogP contribution in [0.25, 0.3) is 0 Å². The molecule has 4 nitrogen and oxygen atoms in total. The number of halogens is 3. The Bertz CT molecular complexity index is 810. The van der Waals surface area contributed by atoms with Crippen molar-refractivity contribution in [3.8, 4) is 0 Å². The van der Waals surface area contributed by atoms with Gasteiger partial charge in [0.1, 0.15) is 10.7 Å². The van der Waals surface area contributed by atoms with Crippen molar-refractivity contribution in [1.82, 2.24) is 0 Å². The molecule has 0 bridgehead atoms. The lowest BCUT2D eigenvalue weighted by Gasteiger charge is -2.11. The van der Waals surface area contributed by atoms with E-state index in [9.17, 15) is 12.8 Å². The molecule has 0 saturated heterocycles. The Balaban J connectivity index is 2.43. The topological polar surface area (TPSA) is 72.2 Å². The Morgan fingerprint density at radius 1 is 1.14 bits per heavy atom. The van der Waals surface area contributed by atoms with E-state index in [1.165, 1.54) is 0 Å². The molecule has 0 aliphatic carbocycles. The van der Waals surface area contributed by atoms with Gasteiger partial charge in [-0.1, -0.05) is 22.0 Å². The van der Waals surface area contributed by atoms with Crippen molar-refractivity contribution < 1.29 is 12.8 Å². The van der Waals surface area contributed by atoms with Gasteiger partial charge in [0.05, 0.1) is 0 Å². The average Bonchev–Trinajstić information content (AvgIpc) is 2.37. The summed E-state index contributed by atoms with van der Waals surface area (Å²) < 4.78 is 41.7. The van der Waals surface area contributed by atoms with Crippen LogP contribution in [-0.2, 0) is 10.0 Å². The first kappa shape index (κ1) is 16.3. The Kier molecular flexibility index (Phi) is 4.60. The molecule has 0 radical (unpaired) electrons. The summed E-state index contributed by atoms with van der Waals surface area (Å²) in [6.07, 6.45) is 0. The van der Waals surface area contributed by atoms with Gasteiger partial charge in [0.15, 0.2) is 0 Å². The molecule has 0 atom stereocenters. The molecule has 3 N–H and O–H groups in total. The smallest absolute Gasteiger partial charge is 0.264 e. The quantitative estimate of drug-likeness (QED) is 0.711. The highest BCUT2D eigenvalue weighted by Gasteiger charge is 2.21. The van der Waals surface area contributed by atoms with Gasteiger partial charge in [-0.15, -0.1) is 0 Å². The SMILES string of the molecule is Cc1ccc(NS(=O)(=O)c2cc(N)c(Br)cc2F)cc1Br. The molecular weight excluding hydrogens is 427 g/mol. The van der Waals surface area contributed by atoms with E-state index in [2.05, 4.69) is 36.6 Å². The first-order chi connectivity index (χ1) is 9.70. The molecule has 0 fully saturated rings. The van der Waals surface area contributed by atoms with Crippen LogP contribution in [0.1, 0.15) is 5.56 Å². The van der Waals surface area contributed by atoms with Crippen LogP contribution < -0.4 is 10.5 Å². The van der Waals surface area contributed by atoms with Gasteiger partial charge in [-0.3, -0.25) is 4.72 Å². The van der Waals surface area contributed by atoms with E-state index in [4.69, 9.17) is 5.73 Å². The standard InChI is InChI=1S/C13H11Br2FN2O2S/c1-7-2-3-8(4-9(7)14)18-21(19,20)13-6-12(17)10(15)5-11(13)16/h2-6,18H,17H2,1H3. The lowest BCUT2D eigenvalue weighted by Crippen LogP contribution is -2.15. The molecule has 8 heteroatoms. The Morgan fingerprint density at radius 3 is 2.43 bits per heavy atom. The van der Waals surface area contributed by atoms with E-state index >= 15 is 0 Å². The van der Waals surface area contributed by atoms with Gasteiger partial charge in [0.2, 0.25) is 0 Å². The van der Waals surface area contributed by atoms with Gasteiger partial charge in [0.25, 0.3) is 10.0 Å². The second-order valence-corrected chi connectivity index (χ2v) is 7.73. The van der Waals surface area contributed by atoms with Crippen LogP contribution in [-0.4, -0.2) is 8.42 Å². The lowest BCUT2D eigenvalue weighted by molar-refractivity contribution is 0.570. The third kappa shape index (κ3) is 3.56. The Labute approximate surface area is 138 Å². The monoisotopic (exact) mass is 436 g/mol. The van der Waals surface area contributed by atoms with Crippen molar-refractivity contribution in [3.63, 3.8) is 0 Å². The van der Waals surface area contributed by atoms with Gasteiger partial charge >= 0.3 is 0 Å². The van der Waals surface area contributed by atoms with E-state index in [0.29, 0.717) is 10.2 Å². The molecule has 2 rings (SSSR count). The van der Waals surface area contributed by atoms with E-state index < -0.39 is 20.7 Å². The molecule has 0 heterocycles. The fraction of sp³-hybridized carbons (Fsp3) is 0.0769. The number of hydrogen-bond acceptors (Lipinski definition) is 3. The maximum Gasteiger partial charge on any atom is 0.264 e.